The van der Waals surface area contributed by atoms with E-state index in [1.165, 1.54) is 29.3 Å². The zero-order valence-electron chi connectivity index (χ0n) is 18.8. The van der Waals surface area contributed by atoms with Gasteiger partial charge in [-0.3, -0.25) is 4.79 Å². The number of hydrogen-bond donors (Lipinski definition) is 1. The Morgan fingerprint density at radius 2 is 1.59 bits per heavy atom. The summed E-state index contributed by atoms with van der Waals surface area (Å²) in [4.78, 5) is 15.1. The predicted octanol–water partition coefficient (Wildman–Crippen LogP) is 4.17. The number of sulfonamides is 1. The van der Waals surface area contributed by atoms with Gasteiger partial charge in [0.05, 0.1) is 5.75 Å². The van der Waals surface area contributed by atoms with Crippen molar-refractivity contribution in [3.63, 3.8) is 0 Å². The summed E-state index contributed by atoms with van der Waals surface area (Å²) in [6, 6.07) is 15.6. The Balaban J connectivity index is 1.29. The molecule has 2 saturated heterocycles. The highest BCUT2D eigenvalue weighted by Gasteiger charge is 2.31. The van der Waals surface area contributed by atoms with Crippen molar-refractivity contribution in [2.45, 2.75) is 44.8 Å². The average molecular weight is 456 g/mol. The van der Waals surface area contributed by atoms with Gasteiger partial charge in [-0.1, -0.05) is 24.3 Å². The van der Waals surface area contributed by atoms with E-state index in [0.717, 1.165) is 29.9 Å². The third-order valence-corrected chi connectivity index (χ3v) is 8.50. The van der Waals surface area contributed by atoms with Gasteiger partial charge in [0.2, 0.25) is 15.9 Å². The molecule has 0 spiro atoms. The van der Waals surface area contributed by atoms with Crippen molar-refractivity contribution in [1.29, 1.82) is 0 Å². The number of benzene rings is 2. The minimum absolute atomic E-state index is 0.0138. The van der Waals surface area contributed by atoms with Crippen LogP contribution in [0.3, 0.4) is 0 Å². The highest BCUT2D eigenvalue weighted by Crippen LogP contribution is 2.25. The summed E-state index contributed by atoms with van der Waals surface area (Å²) in [5, 5.41) is 3.02. The van der Waals surface area contributed by atoms with Crippen LogP contribution in [0.2, 0.25) is 0 Å². The van der Waals surface area contributed by atoms with E-state index in [1.807, 2.05) is 43.3 Å². The quantitative estimate of drug-likeness (QED) is 0.710. The Morgan fingerprint density at radius 1 is 0.938 bits per heavy atom. The number of hydrogen-bond acceptors (Lipinski definition) is 4. The molecule has 6 nitrogen and oxygen atoms in total. The van der Waals surface area contributed by atoms with E-state index in [9.17, 15) is 13.2 Å². The molecule has 2 aliphatic heterocycles. The van der Waals surface area contributed by atoms with Crippen LogP contribution < -0.4 is 10.2 Å². The van der Waals surface area contributed by atoms with E-state index in [-0.39, 0.29) is 17.6 Å². The summed E-state index contributed by atoms with van der Waals surface area (Å²) in [5.41, 5.74) is 3.82. The molecule has 2 aromatic rings. The standard InChI is InChI=1S/C25H33N3O3S/c1-20-7-3-4-8-22(20)19-32(30,31)28-17-13-21(14-18-28)25(29)26-23-9-11-24(12-10-23)27-15-5-2-6-16-27/h3-4,7-12,21H,2,5-6,13-19H2,1H3,(H,26,29). The molecule has 1 N–H and O–H groups in total. The monoisotopic (exact) mass is 455 g/mol. The Morgan fingerprint density at radius 3 is 2.25 bits per heavy atom. The summed E-state index contributed by atoms with van der Waals surface area (Å²) in [7, 11) is -3.39. The topological polar surface area (TPSA) is 69.7 Å². The van der Waals surface area contributed by atoms with Crippen molar-refractivity contribution in [2.24, 2.45) is 5.92 Å². The van der Waals surface area contributed by atoms with Crippen molar-refractivity contribution in [3.8, 4) is 0 Å². The van der Waals surface area contributed by atoms with E-state index >= 15 is 0 Å². The van der Waals surface area contributed by atoms with Crippen LogP contribution in [0.4, 0.5) is 11.4 Å². The van der Waals surface area contributed by atoms with Gasteiger partial charge in [0.1, 0.15) is 0 Å². The molecule has 4 rings (SSSR count). The average Bonchev–Trinajstić information content (AvgIpc) is 2.81. The zero-order valence-corrected chi connectivity index (χ0v) is 19.6. The van der Waals surface area contributed by atoms with Crippen LogP contribution in [-0.4, -0.2) is 44.8 Å². The number of amides is 1. The lowest BCUT2D eigenvalue weighted by atomic mass is 9.97. The maximum atomic E-state index is 12.9. The van der Waals surface area contributed by atoms with Crippen molar-refractivity contribution in [2.75, 3.05) is 36.4 Å². The lowest BCUT2D eigenvalue weighted by molar-refractivity contribution is -0.120. The van der Waals surface area contributed by atoms with Gasteiger partial charge < -0.3 is 10.2 Å². The van der Waals surface area contributed by atoms with E-state index in [4.69, 9.17) is 0 Å². The summed E-state index contributed by atoms with van der Waals surface area (Å²) < 4.78 is 27.3. The molecule has 0 saturated carbocycles. The number of aryl methyl sites for hydroxylation is 1. The molecule has 0 unspecified atom stereocenters. The fourth-order valence-corrected chi connectivity index (χ4v) is 6.27. The van der Waals surface area contributed by atoms with Gasteiger partial charge in [-0.25, -0.2) is 12.7 Å². The maximum Gasteiger partial charge on any atom is 0.227 e. The van der Waals surface area contributed by atoms with Crippen molar-refractivity contribution in [3.05, 3.63) is 59.7 Å². The lowest BCUT2D eigenvalue weighted by Crippen LogP contribution is -2.42. The van der Waals surface area contributed by atoms with Crippen LogP contribution in [0.1, 0.15) is 43.2 Å². The van der Waals surface area contributed by atoms with Gasteiger partial charge in [0.25, 0.3) is 0 Å². The van der Waals surface area contributed by atoms with Crippen molar-refractivity contribution >= 4 is 27.3 Å². The molecule has 1 amide bonds. The summed E-state index contributed by atoms with van der Waals surface area (Å²) >= 11 is 0. The molecule has 172 valence electrons. The number of piperidine rings is 2. The first kappa shape index (κ1) is 22.8. The van der Waals surface area contributed by atoms with Crippen LogP contribution in [0.25, 0.3) is 0 Å². The molecule has 2 heterocycles. The molecule has 0 bridgehead atoms. The molecule has 7 heteroatoms. The molecule has 0 aliphatic carbocycles. The predicted molar refractivity (Wildman–Crippen MR) is 129 cm³/mol. The van der Waals surface area contributed by atoms with Gasteiger partial charge in [-0.2, -0.15) is 0 Å². The third kappa shape index (κ3) is 5.51. The number of nitrogens with one attached hydrogen (secondary N) is 1. The molecule has 0 atom stereocenters. The van der Waals surface area contributed by atoms with Gasteiger partial charge in [0.15, 0.2) is 0 Å². The second-order valence-electron chi connectivity index (χ2n) is 8.94. The van der Waals surface area contributed by atoms with Crippen LogP contribution >= 0.6 is 0 Å². The molecule has 0 radical (unpaired) electrons. The summed E-state index contributed by atoms with van der Waals surface area (Å²) in [5.74, 6) is -0.173. The van der Waals surface area contributed by atoms with Crippen molar-refractivity contribution < 1.29 is 13.2 Å². The van der Waals surface area contributed by atoms with E-state index in [1.54, 1.807) is 0 Å². The first-order valence-corrected chi connectivity index (χ1v) is 13.2. The number of rotatable bonds is 6. The van der Waals surface area contributed by atoms with Crippen LogP contribution in [0.15, 0.2) is 48.5 Å². The Bertz CT molecular complexity index is 1020. The summed E-state index contributed by atoms with van der Waals surface area (Å²) in [6.07, 6.45) is 4.86. The SMILES string of the molecule is Cc1ccccc1CS(=O)(=O)N1CCC(C(=O)Nc2ccc(N3CCCCC3)cc2)CC1. The first-order valence-electron chi connectivity index (χ1n) is 11.6. The molecular formula is C25H33N3O3S. The number of nitrogens with zero attached hydrogens (tertiary/aromatic N) is 2. The number of anilines is 2. The minimum atomic E-state index is -3.39. The molecular weight excluding hydrogens is 422 g/mol. The van der Waals surface area contributed by atoms with E-state index < -0.39 is 10.0 Å². The van der Waals surface area contributed by atoms with Crippen molar-refractivity contribution in [1.82, 2.24) is 4.31 Å². The second kappa shape index (κ2) is 10.0. The Hall–Kier alpha value is -2.38. The van der Waals surface area contributed by atoms with Gasteiger partial charge in [-0.15, -0.1) is 0 Å². The van der Waals surface area contributed by atoms with Gasteiger partial charge in [0, 0.05) is 43.5 Å². The molecule has 0 aromatic heterocycles. The molecule has 32 heavy (non-hydrogen) atoms. The highest BCUT2D eigenvalue weighted by atomic mass is 32.2. The Kier molecular flexibility index (Phi) is 7.16. The van der Waals surface area contributed by atoms with Crippen LogP contribution in [-0.2, 0) is 20.6 Å². The first-order chi connectivity index (χ1) is 15.4. The van der Waals surface area contributed by atoms with Crippen LogP contribution in [0, 0.1) is 12.8 Å². The largest absolute Gasteiger partial charge is 0.372 e. The zero-order chi connectivity index (χ0) is 22.6. The Labute approximate surface area is 191 Å². The van der Waals surface area contributed by atoms with Gasteiger partial charge in [-0.05, 0) is 74.4 Å². The normalized spacial score (nSPS) is 18.5. The summed E-state index contributed by atoms with van der Waals surface area (Å²) in [6.45, 7) is 4.90. The smallest absolute Gasteiger partial charge is 0.227 e. The number of carbonyl (C=O) groups is 1. The number of carbonyl (C=O) groups excluding carboxylic acids is 1. The van der Waals surface area contributed by atoms with Crippen LogP contribution in [0.5, 0.6) is 0 Å². The molecule has 2 aliphatic rings. The van der Waals surface area contributed by atoms with E-state index in [0.29, 0.717) is 25.9 Å². The lowest BCUT2D eigenvalue weighted by Gasteiger charge is -2.31. The molecule has 2 fully saturated rings. The maximum absolute atomic E-state index is 12.9. The fraction of sp³-hybridized carbons (Fsp3) is 0.480. The fourth-order valence-electron chi connectivity index (χ4n) is 4.61. The van der Waals surface area contributed by atoms with E-state index in [2.05, 4.69) is 22.3 Å². The van der Waals surface area contributed by atoms with Gasteiger partial charge >= 0.3 is 0 Å². The third-order valence-electron chi connectivity index (χ3n) is 6.67. The highest BCUT2D eigenvalue weighted by molar-refractivity contribution is 7.88. The molecule has 2 aromatic carbocycles. The second-order valence-corrected chi connectivity index (χ2v) is 10.9. The minimum Gasteiger partial charge on any atom is -0.372 e.